The van der Waals surface area contributed by atoms with Gasteiger partial charge >= 0.3 is 0 Å². The molecule has 4 aromatic rings. The van der Waals surface area contributed by atoms with E-state index in [1.807, 2.05) is 12.1 Å². The van der Waals surface area contributed by atoms with E-state index in [-0.39, 0.29) is 5.91 Å². The Hall–Kier alpha value is -3.51. The molecule has 0 radical (unpaired) electrons. The third-order valence-corrected chi connectivity index (χ3v) is 4.62. The van der Waals surface area contributed by atoms with E-state index in [4.69, 9.17) is 11.6 Å². The number of carbonyl (C=O) groups is 1. The number of pyridine rings is 1. The van der Waals surface area contributed by atoms with Crippen LogP contribution in [0.4, 0.5) is 4.39 Å². The molecule has 0 saturated heterocycles. The molecule has 0 aliphatic carbocycles. The Morgan fingerprint density at radius 1 is 1.03 bits per heavy atom. The number of nitrogens with zero attached hydrogens (tertiary/aromatic N) is 3. The summed E-state index contributed by atoms with van der Waals surface area (Å²) in [6.45, 7) is 0.335. The first-order chi connectivity index (χ1) is 14.1. The van der Waals surface area contributed by atoms with Gasteiger partial charge in [0.05, 0.1) is 11.4 Å². The zero-order valence-corrected chi connectivity index (χ0v) is 16.0. The number of amides is 1. The van der Waals surface area contributed by atoms with Gasteiger partial charge in [0.2, 0.25) is 0 Å². The van der Waals surface area contributed by atoms with E-state index < -0.39 is 5.82 Å². The second kappa shape index (κ2) is 8.24. The normalized spacial score (nSPS) is 10.7. The van der Waals surface area contributed by atoms with Crippen LogP contribution in [0.5, 0.6) is 0 Å². The molecular formula is C22H16ClFN4O. The molecule has 29 heavy (non-hydrogen) atoms. The highest BCUT2D eigenvalue weighted by Crippen LogP contribution is 2.25. The molecule has 5 nitrogen and oxygen atoms in total. The van der Waals surface area contributed by atoms with Gasteiger partial charge in [-0.05, 0) is 60.2 Å². The van der Waals surface area contributed by atoms with Crippen molar-refractivity contribution >= 4 is 17.5 Å². The smallest absolute Gasteiger partial charge is 0.270 e. The third kappa shape index (κ3) is 4.17. The maximum Gasteiger partial charge on any atom is 0.270 e. The number of carbonyl (C=O) groups excluding carboxylic acids is 1. The molecule has 1 N–H and O–H groups in total. The molecule has 0 atom stereocenters. The van der Waals surface area contributed by atoms with Gasteiger partial charge in [0, 0.05) is 29.5 Å². The number of nitrogens with one attached hydrogen (secondary N) is 1. The molecule has 2 aromatic carbocycles. The van der Waals surface area contributed by atoms with Crippen LogP contribution >= 0.6 is 11.6 Å². The van der Waals surface area contributed by atoms with Crippen LogP contribution in [0.3, 0.4) is 0 Å². The fraction of sp³-hybridized carbons (Fsp3) is 0.0455. The minimum atomic E-state index is -0.406. The molecule has 0 unspecified atom stereocenters. The molecule has 7 heteroatoms. The number of aromatic nitrogens is 3. The van der Waals surface area contributed by atoms with E-state index in [0.29, 0.717) is 34.2 Å². The molecule has 0 fully saturated rings. The van der Waals surface area contributed by atoms with Gasteiger partial charge < -0.3 is 5.32 Å². The highest BCUT2D eigenvalue weighted by Gasteiger charge is 2.19. The van der Waals surface area contributed by atoms with E-state index in [0.717, 1.165) is 5.56 Å². The third-order valence-electron chi connectivity index (χ3n) is 4.37. The maximum absolute atomic E-state index is 14.3. The number of hydrogen-bond acceptors (Lipinski definition) is 3. The van der Waals surface area contributed by atoms with E-state index in [1.165, 1.54) is 10.7 Å². The summed E-state index contributed by atoms with van der Waals surface area (Å²) in [6, 6.07) is 18.5. The Kier molecular flexibility index (Phi) is 5.35. The first-order valence-corrected chi connectivity index (χ1v) is 9.27. The second-order valence-corrected chi connectivity index (χ2v) is 6.76. The molecule has 0 aliphatic rings. The zero-order chi connectivity index (χ0) is 20.2. The summed E-state index contributed by atoms with van der Waals surface area (Å²) in [5, 5.41) is 7.92. The summed E-state index contributed by atoms with van der Waals surface area (Å²) in [5.74, 6) is -0.733. The minimum absolute atomic E-state index is 0.291. The van der Waals surface area contributed by atoms with Gasteiger partial charge in [0.1, 0.15) is 11.5 Å². The van der Waals surface area contributed by atoms with Crippen molar-refractivity contribution in [3.05, 3.63) is 101 Å². The second-order valence-electron chi connectivity index (χ2n) is 6.32. The lowest BCUT2D eigenvalue weighted by Crippen LogP contribution is -2.25. The van der Waals surface area contributed by atoms with Crippen LogP contribution in [0, 0.1) is 5.82 Å². The van der Waals surface area contributed by atoms with Crippen molar-refractivity contribution in [1.29, 1.82) is 0 Å². The highest BCUT2D eigenvalue weighted by atomic mass is 35.5. The first-order valence-electron chi connectivity index (χ1n) is 8.90. The fourth-order valence-corrected chi connectivity index (χ4v) is 3.02. The highest BCUT2D eigenvalue weighted by molar-refractivity contribution is 6.30. The van der Waals surface area contributed by atoms with Crippen molar-refractivity contribution in [2.24, 2.45) is 0 Å². The van der Waals surface area contributed by atoms with Crippen LogP contribution in [0.15, 0.2) is 79.1 Å². The van der Waals surface area contributed by atoms with E-state index in [1.54, 1.807) is 60.9 Å². The average molecular weight is 407 g/mol. The molecule has 144 valence electrons. The Morgan fingerprint density at radius 2 is 1.76 bits per heavy atom. The summed E-state index contributed by atoms with van der Waals surface area (Å²) in [6.07, 6.45) is 3.32. The van der Waals surface area contributed by atoms with Crippen molar-refractivity contribution in [3.8, 4) is 16.9 Å². The standard InChI is InChI=1S/C22H16ClFN4O/c23-16-5-7-17(8-6-16)28-21(22(29)26-14-15-9-11-25-12-10-15)13-20(27-28)18-3-1-2-4-19(18)24/h1-13H,14H2,(H,26,29). The molecule has 0 aliphatic heterocycles. The lowest BCUT2D eigenvalue weighted by atomic mass is 10.1. The molecule has 1 amide bonds. The quantitative estimate of drug-likeness (QED) is 0.524. The molecular weight excluding hydrogens is 391 g/mol. The molecule has 0 spiro atoms. The Bertz CT molecular complexity index is 1140. The van der Waals surface area contributed by atoms with E-state index in [9.17, 15) is 9.18 Å². The molecule has 4 rings (SSSR count). The van der Waals surface area contributed by atoms with Crippen molar-refractivity contribution in [2.45, 2.75) is 6.54 Å². The van der Waals surface area contributed by atoms with Gasteiger partial charge in [-0.2, -0.15) is 5.10 Å². The lowest BCUT2D eigenvalue weighted by molar-refractivity contribution is 0.0943. The van der Waals surface area contributed by atoms with Crippen molar-refractivity contribution in [1.82, 2.24) is 20.1 Å². The van der Waals surface area contributed by atoms with Gasteiger partial charge in [-0.3, -0.25) is 9.78 Å². The molecule has 0 saturated carbocycles. The number of halogens is 2. The summed E-state index contributed by atoms with van der Waals surface area (Å²) >= 11 is 5.98. The SMILES string of the molecule is O=C(NCc1ccncc1)c1cc(-c2ccccc2F)nn1-c1ccc(Cl)cc1. The van der Waals surface area contributed by atoms with Crippen LogP contribution in [0.1, 0.15) is 16.1 Å². The number of rotatable bonds is 5. The van der Waals surface area contributed by atoms with Gasteiger partial charge in [0.25, 0.3) is 5.91 Å². The Labute approximate surface area is 171 Å². The van der Waals surface area contributed by atoms with E-state index in [2.05, 4.69) is 15.4 Å². The predicted octanol–water partition coefficient (Wildman–Crippen LogP) is 4.66. The number of benzene rings is 2. The summed E-state index contributed by atoms with van der Waals surface area (Å²) in [7, 11) is 0. The lowest BCUT2D eigenvalue weighted by Gasteiger charge is -2.08. The predicted molar refractivity (Wildman–Crippen MR) is 109 cm³/mol. The molecule has 2 heterocycles. The monoisotopic (exact) mass is 406 g/mol. The minimum Gasteiger partial charge on any atom is -0.347 e. The van der Waals surface area contributed by atoms with Gasteiger partial charge in [0.15, 0.2) is 0 Å². The van der Waals surface area contributed by atoms with Crippen LogP contribution in [0.2, 0.25) is 5.02 Å². The zero-order valence-electron chi connectivity index (χ0n) is 15.2. The molecule has 0 bridgehead atoms. The Balaban J connectivity index is 1.71. The largest absolute Gasteiger partial charge is 0.347 e. The van der Waals surface area contributed by atoms with Crippen molar-refractivity contribution in [2.75, 3.05) is 0 Å². The van der Waals surface area contributed by atoms with Crippen molar-refractivity contribution < 1.29 is 9.18 Å². The summed E-state index contributed by atoms with van der Waals surface area (Å²) in [5.41, 5.74) is 2.54. The van der Waals surface area contributed by atoms with Gasteiger partial charge in [-0.25, -0.2) is 9.07 Å². The average Bonchev–Trinajstić information content (AvgIpc) is 3.19. The van der Waals surface area contributed by atoms with Gasteiger partial charge in [-0.15, -0.1) is 0 Å². The van der Waals surface area contributed by atoms with Gasteiger partial charge in [-0.1, -0.05) is 23.7 Å². The summed E-state index contributed by atoms with van der Waals surface area (Å²) < 4.78 is 15.8. The first kappa shape index (κ1) is 18.8. The summed E-state index contributed by atoms with van der Waals surface area (Å²) in [4.78, 5) is 16.9. The van der Waals surface area contributed by atoms with Crippen LogP contribution < -0.4 is 5.32 Å². The number of hydrogen-bond donors (Lipinski definition) is 1. The topological polar surface area (TPSA) is 59.8 Å². The van der Waals surface area contributed by atoms with Crippen LogP contribution in [-0.2, 0) is 6.54 Å². The molecule has 2 aromatic heterocycles. The van der Waals surface area contributed by atoms with Crippen LogP contribution in [0.25, 0.3) is 16.9 Å². The fourth-order valence-electron chi connectivity index (χ4n) is 2.90. The van der Waals surface area contributed by atoms with Crippen molar-refractivity contribution in [3.63, 3.8) is 0 Å². The van der Waals surface area contributed by atoms with E-state index >= 15 is 0 Å². The Morgan fingerprint density at radius 3 is 2.48 bits per heavy atom. The maximum atomic E-state index is 14.3. The van der Waals surface area contributed by atoms with Crippen LogP contribution in [-0.4, -0.2) is 20.7 Å².